The number of carbonyl (C=O) groups excluding carboxylic acids is 1. The smallest absolute Gasteiger partial charge is 0.251 e. The fourth-order valence-electron chi connectivity index (χ4n) is 2.59. The Kier molecular flexibility index (Phi) is 5.80. The maximum Gasteiger partial charge on any atom is 0.251 e. The molecule has 1 heterocycles. The minimum absolute atomic E-state index is 0.0284. The third-order valence-electron chi connectivity index (χ3n) is 4.43. The highest BCUT2D eigenvalue weighted by Gasteiger charge is 2.13. The minimum Gasteiger partial charge on any atom is -0.349 e. The lowest BCUT2D eigenvalue weighted by Gasteiger charge is -2.26. The molecule has 1 amide bonds. The van der Waals surface area contributed by atoms with Gasteiger partial charge in [0, 0.05) is 18.2 Å². The predicted molar refractivity (Wildman–Crippen MR) is 87.3 cm³/mol. The summed E-state index contributed by atoms with van der Waals surface area (Å²) < 4.78 is 0. The molecule has 3 nitrogen and oxygen atoms in total. The Morgan fingerprint density at radius 1 is 1.10 bits per heavy atom. The van der Waals surface area contributed by atoms with E-state index in [0.717, 1.165) is 12.1 Å². The molecule has 21 heavy (non-hydrogen) atoms. The van der Waals surface area contributed by atoms with E-state index in [-0.39, 0.29) is 11.9 Å². The Hall–Kier alpha value is -1.35. The number of benzene rings is 1. The molecular formula is C18H28N2O. The normalized spacial score (nSPS) is 17.7. The van der Waals surface area contributed by atoms with Crippen molar-refractivity contribution < 1.29 is 4.79 Å². The number of nitrogens with one attached hydrogen (secondary N) is 1. The minimum atomic E-state index is 0.0284. The van der Waals surface area contributed by atoms with Gasteiger partial charge in [-0.05, 0) is 56.5 Å². The van der Waals surface area contributed by atoms with Crippen molar-refractivity contribution in [3.05, 3.63) is 35.4 Å². The molecule has 0 aliphatic carbocycles. The fraction of sp³-hybridized carbons (Fsp3) is 0.611. The SMILES string of the molecule is CC(C)C(C)NC(=O)c1ccc(CN2CCCCC2)cc1. The quantitative estimate of drug-likeness (QED) is 0.900. The highest BCUT2D eigenvalue weighted by Crippen LogP contribution is 2.14. The zero-order chi connectivity index (χ0) is 15.2. The van der Waals surface area contributed by atoms with Crippen LogP contribution in [0.25, 0.3) is 0 Å². The van der Waals surface area contributed by atoms with Gasteiger partial charge < -0.3 is 5.32 Å². The predicted octanol–water partition coefficient (Wildman–Crippen LogP) is 3.45. The van der Waals surface area contributed by atoms with Crippen molar-refractivity contribution in [2.75, 3.05) is 13.1 Å². The maximum atomic E-state index is 12.1. The maximum absolute atomic E-state index is 12.1. The second-order valence-corrected chi connectivity index (χ2v) is 6.54. The molecule has 0 aromatic heterocycles. The standard InChI is InChI=1S/C18H28N2O/c1-14(2)15(3)19-18(21)17-9-7-16(8-10-17)13-20-11-5-4-6-12-20/h7-10,14-15H,4-6,11-13H2,1-3H3,(H,19,21). The van der Waals surface area contributed by atoms with Crippen LogP contribution in [0.5, 0.6) is 0 Å². The van der Waals surface area contributed by atoms with E-state index >= 15 is 0 Å². The van der Waals surface area contributed by atoms with Gasteiger partial charge in [0.1, 0.15) is 0 Å². The summed E-state index contributed by atoms with van der Waals surface area (Å²) in [6.45, 7) is 9.69. The van der Waals surface area contributed by atoms with E-state index in [0.29, 0.717) is 5.92 Å². The molecule has 1 atom stereocenters. The lowest BCUT2D eigenvalue weighted by Crippen LogP contribution is -2.36. The number of hydrogen-bond acceptors (Lipinski definition) is 2. The van der Waals surface area contributed by atoms with Crippen molar-refractivity contribution >= 4 is 5.91 Å². The molecule has 1 aliphatic heterocycles. The molecule has 1 aliphatic rings. The van der Waals surface area contributed by atoms with Crippen LogP contribution in [0.15, 0.2) is 24.3 Å². The van der Waals surface area contributed by atoms with Gasteiger partial charge in [-0.15, -0.1) is 0 Å². The average molecular weight is 288 g/mol. The molecule has 0 radical (unpaired) electrons. The van der Waals surface area contributed by atoms with E-state index in [4.69, 9.17) is 0 Å². The second-order valence-electron chi connectivity index (χ2n) is 6.54. The first-order valence-corrected chi connectivity index (χ1v) is 8.18. The van der Waals surface area contributed by atoms with E-state index in [1.165, 1.54) is 37.9 Å². The zero-order valence-corrected chi connectivity index (χ0v) is 13.6. The number of piperidine rings is 1. The van der Waals surface area contributed by atoms with Gasteiger partial charge >= 0.3 is 0 Å². The van der Waals surface area contributed by atoms with Crippen LogP contribution in [0.2, 0.25) is 0 Å². The molecule has 1 N–H and O–H groups in total. The van der Waals surface area contributed by atoms with Crippen LogP contribution < -0.4 is 5.32 Å². The molecule has 3 heteroatoms. The lowest BCUT2D eigenvalue weighted by molar-refractivity contribution is 0.0930. The van der Waals surface area contributed by atoms with Gasteiger partial charge in [-0.2, -0.15) is 0 Å². The zero-order valence-electron chi connectivity index (χ0n) is 13.6. The first-order valence-electron chi connectivity index (χ1n) is 8.18. The summed E-state index contributed by atoms with van der Waals surface area (Å²) in [6, 6.07) is 8.27. The fourth-order valence-corrected chi connectivity index (χ4v) is 2.59. The van der Waals surface area contributed by atoms with E-state index in [9.17, 15) is 4.79 Å². The summed E-state index contributed by atoms with van der Waals surface area (Å²) in [7, 11) is 0. The van der Waals surface area contributed by atoms with Crippen molar-refractivity contribution in [2.45, 2.75) is 52.6 Å². The van der Waals surface area contributed by atoms with Gasteiger partial charge in [-0.25, -0.2) is 0 Å². The largest absolute Gasteiger partial charge is 0.349 e. The second kappa shape index (κ2) is 7.60. The summed E-state index contributed by atoms with van der Waals surface area (Å²) in [6.07, 6.45) is 3.99. The van der Waals surface area contributed by atoms with Crippen LogP contribution in [0, 0.1) is 5.92 Å². The van der Waals surface area contributed by atoms with Crippen LogP contribution in [-0.4, -0.2) is 29.9 Å². The molecule has 1 unspecified atom stereocenters. The number of likely N-dealkylation sites (tertiary alicyclic amines) is 1. The highest BCUT2D eigenvalue weighted by molar-refractivity contribution is 5.94. The third kappa shape index (κ3) is 4.85. The Morgan fingerprint density at radius 3 is 2.29 bits per heavy atom. The average Bonchev–Trinajstić information content (AvgIpc) is 2.48. The molecule has 1 saturated heterocycles. The molecule has 0 saturated carbocycles. The van der Waals surface area contributed by atoms with Crippen molar-refractivity contribution in [1.82, 2.24) is 10.2 Å². The van der Waals surface area contributed by atoms with Crippen LogP contribution in [-0.2, 0) is 6.54 Å². The Morgan fingerprint density at radius 2 is 1.71 bits per heavy atom. The first kappa shape index (κ1) is 16.0. The molecule has 1 fully saturated rings. The van der Waals surface area contributed by atoms with Crippen LogP contribution >= 0.6 is 0 Å². The number of carbonyl (C=O) groups is 1. The lowest BCUT2D eigenvalue weighted by atomic mass is 10.1. The van der Waals surface area contributed by atoms with Gasteiger partial charge in [0.2, 0.25) is 0 Å². The summed E-state index contributed by atoms with van der Waals surface area (Å²) in [4.78, 5) is 14.6. The van der Waals surface area contributed by atoms with Gasteiger partial charge in [-0.1, -0.05) is 32.4 Å². The summed E-state index contributed by atoms with van der Waals surface area (Å²) in [5, 5.41) is 3.05. The third-order valence-corrected chi connectivity index (χ3v) is 4.43. The number of rotatable bonds is 5. The number of amides is 1. The number of nitrogens with zero attached hydrogens (tertiary/aromatic N) is 1. The van der Waals surface area contributed by atoms with Crippen molar-refractivity contribution in [1.29, 1.82) is 0 Å². The summed E-state index contributed by atoms with van der Waals surface area (Å²) >= 11 is 0. The van der Waals surface area contributed by atoms with Crippen molar-refractivity contribution in [2.24, 2.45) is 5.92 Å². The van der Waals surface area contributed by atoms with Gasteiger partial charge in [-0.3, -0.25) is 9.69 Å². The van der Waals surface area contributed by atoms with Gasteiger partial charge in [0.25, 0.3) is 5.91 Å². The van der Waals surface area contributed by atoms with Gasteiger partial charge in [0.05, 0.1) is 0 Å². The Balaban J connectivity index is 1.90. The molecule has 116 valence electrons. The van der Waals surface area contributed by atoms with Crippen molar-refractivity contribution in [3.63, 3.8) is 0 Å². The van der Waals surface area contributed by atoms with Gasteiger partial charge in [0.15, 0.2) is 0 Å². The van der Waals surface area contributed by atoms with E-state index in [2.05, 4.69) is 36.2 Å². The van der Waals surface area contributed by atoms with E-state index in [1.807, 2.05) is 19.1 Å². The summed E-state index contributed by atoms with van der Waals surface area (Å²) in [5.41, 5.74) is 2.05. The van der Waals surface area contributed by atoms with E-state index < -0.39 is 0 Å². The molecule has 0 spiro atoms. The molecule has 1 aromatic carbocycles. The molecule has 1 aromatic rings. The molecular weight excluding hydrogens is 260 g/mol. The Bertz CT molecular complexity index is 447. The van der Waals surface area contributed by atoms with Crippen LogP contribution in [0.3, 0.4) is 0 Å². The van der Waals surface area contributed by atoms with E-state index in [1.54, 1.807) is 0 Å². The van der Waals surface area contributed by atoms with Crippen LogP contribution in [0.4, 0.5) is 0 Å². The molecule has 0 bridgehead atoms. The Labute approximate surface area is 128 Å². The highest BCUT2D eigenvalue weighted by atomic mass is 16.1. The monoisotopic (exact) mass is 288 g/mol. The topological polar surface area (TPSA) is 32.3 Å². The van der Waals surface area contributed by atoms with Crippen LogP contribution in [0.1, 0.15) is 56.0 Å². The number of hydrogen-bond donors (Lipinski definition) is 1. The van der Waals surface area contributed by atoms with Crippen molar-refractivity contribution in [3.8, 4) is 0 Å². The summed E-state index contributed by atoms with van der Waals surface area (Å²) in [5.74, 6) is 0.480. The molecule has 2 rings (SSSR count). The first-order chi connectivity index (χ1) is 10.1.